The Morgan fingerprint density at radius 2 is 2.04 bits per heavy atom. The van der Waals surface area contributed by atoms with E-state index in [4.69, 9.17) is 37.2 Å². The van der Waals surface area contributed by atoms with Crippen LogP contribution < -0.4 is 10.1 Å². The van der Waals surface area contributed by atoms with Crippen molar-refractivity contribution in [2.45, 2.75) is 25.0 Å². The predicted octanol–water partition coefficient (Wildman–Crippen LogP) is 0.821. The van der Waals surface area contributed by atoms with Gasteiger partial charge >= 0.3 is 0 Å². The lowest BCUT2D eigenvalue weighted by Gasteiger charge is -2.11. The van der Waals surface area contributed by atoms with Gasteiger partial charge in [-0.25, -0.2) is 4.98 Å². The molecule has 1 aromatic carbocycles. The first kappa shape index (κ1) is 18.4. The number of aryl methyl sites for hydroxylation is 2. The largest absolute Gasteiger partial charge is 0.491 e. The van der Waals surface area contributed by atoms with Crippen LogP contribution in [-0.2, 0) is 5.11 Å². The van der Waals surface area contributed by atoms with Gasteiger partial charge in [-0.15, -0.1) is 0 Å². The molecule has 0 aliphatic carbocycles. The average Bonchev–Trinajstić information content (AvgIpc) is 3.33. The molecule has 6 radical (unpaired) electrons. The first-order chi connectivity index (χ1) is 13.2. The van der Waals surface area contributed by atoms with Gasteiger partial charge < -0.3 is 19.0 Å². The van der Waals surface area contributed by atoms with Gasteiger partial charge in [-0.2, -0.15) is 4.98 Å². The number of hydrogen-bond donors (Lipinski definition) is 1. The highest BCUT2D eigenvalue weighted by atomic mass is 16.5. The van der Waals surface area contributed by atoms with Crippen molar-refractivity contribution in [2.24, 2.45) is 0 Å². The Bertz CT molecular complexity index is 1060. The number of amides is 1. The van der Waals surface area contributed by atoms with E-state index in [-0.39, 0.29) is 36.0 Å². The van der Waals surface area contributed by atoms with Crippen LogP contribution >= 0.6 is 0 Å². The number of carbonyl (C=O) groups excluding carboxylic acids is 1. The predicted molar refractivity (Wildman–Crippen MR) is 100 cm³/mol. The van der Waals surface area contributed by atoms with Crippen molar-refractivity contribution >= 4 is 29.4 Å². The number of nitrogens with zero attached hydrogens (tertiary/aromatic N) is 3. The molecule has 3 aromatic rings. The first-order valence-electron chi connectivity index (χ1n) is 8.45. The zero-order chi connectivity index (χ0) is 20.1. The summed E-state index contributed by atoms with van der Waals surface area (Å²) < 4.78 is 16.0. The van der Waals surface area contributed by atoms with Gasteiger partial charge in [0.25, 0.3) is 5.91 Å². The number of benzene rings is 1. The minimum absolute atomic E-state index is 0.0909. The van der Waals surface area contributed by atoms with Crippen molar-refractivity contribution in [2.75, 3.05) is 6.61 Å². The number of carbonyl (C=O) groups is 1. The van der Waals surface area contributed by atoms with E-state index >= 15 is 0 Å². The highest BCUT2D eigenvalue weighted by Gasteiger charge is 2.29. The van der Waals surface area contributed by atoms with Crippen LogP contribution in [0.4, 0.5) is 0 Å². The van der Waals surface area contributed by atoms with Crippen molar-refractivity contribution in [3.63, 3.8) is 0 Å². The first-order valence-corrected chi connectivity index (χ1v) is 8.45. The highest BCUT2D eigenvalue weighted by molar-refractivity contribution is 6.58. The van der Waals surface area contributed by atoms with E-state index in [0.717, 1.165) is 5.56 Å². The Balaban J connectivity index is 1.54. The second-order valence-electron chi connectivity index (χ2n) is 6.59. The number of rotatable bonds is 4. The summed E-state index contributed by atoms with van der Waals surface area (Å²) in [6.07, 6.45) is 0. The average molecular weight is 370 g/mol. The minimum Gasteiger partial charge on any atom is -0.491 e. The van der Waals surface area contributed by atoms with Crippen LogP contribution in [-0.4, -0.2) is 51.2 Å². The Morgan fingerprint density at radius 1 is 1.25 bits per heavy atom. The summed E-state index contributed by atoms with van der Waals surface area (Å²) >= 11 is 0. The molecule has 1 N–H and O–H groups in total. The number of oxazole rings is 1. The van der Waals surface area contributed by atoms with Gasteiger partial charge in [0.15, 0.2) is 5.89 Å². The molecule has 1 amide bonds. The van der Waals surface area contributed by atoms with Gasteiger partial charge in [0.2, 0.25) is 17.5 Å². The molecule has 0 spiro atoms. The SMILES string of the molecule is [B]C([B])([B])c1nc(-c2ccc3c(c2)OC[C@H]3NC(=O)c2oc(C)nc2C)no1. The third kappa shape index (κ3) is 3.32. The Kier molecular flexibility index (Phi) is 4.32. The molecule has 11 heteroatoms. The highest BCUT2D eigenvalue weighted by Crippen LogP contribution is 2.35. The lowest BCUT2D eigenvalue weighted by atomic mass is 9.42. The summed E-state index contributed by atoms with van der Waals surface area (Å²) in [5.41, 5.74) is 1.99. The van der Waals surface area contributed by atoms with Gasteiger partial charge in [0.05, 0.1) is 35.3 Å². The fraction of sp³-hybridized carbons (Fsp3) is 0.294. The van der Waals surface area contributed by atoms with Crippen LogP contribution in [0.1, 0.15) is 39.6 Å². The van der Waals surface area contributed by atoms with E-state index < -0.39 is 5.11 Å². The molecule has 2 aromatic heterocycles. The van der Waals surface area contributed by atoms with Gasteiger partial charge in [0, 0.05) is 18.1 Å². The fourth-order valence-corrected chi connectivity index (χ4v) is 2.95. The van der Waals surface area contributed by atoms with Crippen molar-refractivity contribution in [1.82, 2.24) is 20.4 Å². The quantitative estimate of drug-likeness (QED) is 0.679. The molecule has 3 heterocycles. The maximum Gasteiger partial charge on any atom is 0.289 e. The molecular formula is C17H13B3N4O4. The molecule has 0 saturated carbocycles. The molecule has 28 heavy (non-hydrogen) atoms. The van der Waals surface area contributed by atoms with Gasteiger partial charge in [-0.1, -0.05) is 22.4 Å². The number of fused-ring (bicyclic) bond motifs is 1. The fourth-order valence-electron chi connectivity index (χ4n) is 2.95. The molecule has 1 aliphatic rings. The molecule has 8 nitrogen and oxygen atoms in total. The van der Waals surface area contributed by atoms with E-state index in [2.05, 4.69) is 20.4 Å². The zero-order valence-electron chi connectivity index (χ0n) is 15.2. The summed E-state index contributed by atoms with van der Waals surface area (Å²) in [5, 5.41) is 5.00. The molecule has 1 atom stereocenters. The van der Waals surface area contributed by atoms with Crippen LogP contribution in [0.25, 0.3) is 11.4 Å². The molecule has 0 unspecified atom stereocenters. The van der Waals surface area contributed by atoms with Crippen molar-refractivity contribution < 1.29 is 18.5 Å². The van der Waals surface area contributed by atoms with Gasteiger partial charge in [-0.05, 0) is 13.0 Å². The molecule has 4 rings (SSSR count). The molecule has 1 aliphatic heterocycles. The monoisotopic (exact) mass is 370 g/mol. The minimum atomic E-state index is -1.72. The van der Waals surface area contributed by atoms with Crippen LogP contribution in [0.2, 0.25) is 0 Å². The lowest BCUT2D eigenvalue weighted by molar-refractivity contribution is 0.0900. The Morgan fingerprint density at radius 3 is 2.68 bits per heavy atom. The lowest BCUT2D eigenvalue weighted by Crippen LogP contribution is -2.29. The smallest absolute Gasteiger partial charge is 0.289 e. The Labute approximate surface area is 164 Å². The van der Waals surface area contributed by atoms with Gasteiger partial charge in [0.1, 0.15) is 12.4 Å². The van der Waals surface area contributed by atoms with Crippen LogP contribution in [0.5, 0.6) is 5.75 Å². The summed E-state index contributed by atoms with van der Waals surface area (Å²) in [6, 6.07) is 5.01. The van der Waals surface area contributed by atoms with Crippen molar-refractivity contribution in [1.29, 1.82) is 0 Å². The summed E-state index contributed by atoms with van der Waals surface area (Å²) in [7, 11) is 16.6. The summed E-state index contributed by atoms with van der Waals surface area (Å²) in [5.74, 6) is 1.05. The second kappa shape index (κ2) is 6.58. The number of hydrogen-bond acceptors (Lipinski definition) is 7. The Hall–Kier alpha value is -2.97. The normalized spacial score (nSPS) is 15.9. The number of aromatic nitrogens is 3. The van der Waals surface area contributed by atoms with E-state index in [1.54, 1.807) is 26.0 Å². The maximum atomic E-state index is 12.5. The van der Waals surface area contributed by atoms with E-state index in [1.807, 2.05) is 6.07 Å². The summed E-state index contributed by atoms with van der Waals surface area (Å²) in [4.78, 5) is 20.7. The molecule has 0 bridgehead atoms. The molecular weight excluding hydrogens is 357 g/mol. The zero-order valence-corrected chi connectivity index (χ0v) is 15.2. The standard InChI is InChI=1S/C17H13B3N4O4/c1-7-13(27-8(2)21-7)15(25)22-11-6-26-12-5-9(3-4-10(11)12)14-23-16(28-24-14)17(18,19)20/h3-5,11H,6H2,1-2H3,(H,22,25)/t11-/m1/s1. The van der Waals surface area contributed by atoms with Crippen LogP contribution in [0.15, 0.2) is 27.1 Å². The maximum absolute atomic E-state index is 12.5. The van der Waals surface area contributed by atoms with Gasteiger partial charge in [-0.3, -0.25) is 4.79 Å². The van der Waals surface area contributed by atoms with E-state index in [1.165, 1.54) is 0 Å². The van der Waals surface area contributed by atoms with Crippen LogP contribution in [0.3, 0.4) is 0 Å². The van der Waals surface area contributed by atoms with Crippen LogP contribution in [0, 0.1) is 13.8 Å². The van der Waals surface area contributed by atoms with Crippen molar-refractivity contribution in [3.8, 4) is 17.1 Å². The molecule has 0 saturated heterocycles. The third-order valence-corrected chi connectivity index (χ3v) is 4.26. The van der Waals surface area contributed by atoms with E-state index in [9.17, 15) is 4.79 Å². The van der Waals surface area contributed by atoms with Crippen molar-refractivity contribution in [3.05, 3.63) is 47.0 Å². The third-order valence-electron chi connectivity index (χ3n) is 4.26. The topological polar surface area (TPSA) is 103 Å². The van der Waals surface area contributed by atoms with E-state index in [0.29, 0.717) is 22.9 Å². The number of nitrogens with one attached hydrogen (secondary N) is 1. The molecule has 0 fully saturated rings. The number of ether oxygens (including phenoxy) is 1. The second-order valence-corrected chi connectivity index (χ2v) is 6.59. The molecule has 134 valence electrons. The summed E-state index contributed by atoms with van der Waals surface area (Å²) in [6.45, 7) is 3.69.